The number of nitrogens with one attached hydrogen (secondary N) is 1. The molecule has 100 valence electrons. The molecular weight excluding hydrogens is 336 g/mol. The van der Waals surface area contributed by atoms with Crippen molar-refractivity contribution in [2.45, 2.75) is 6.04 Å². The molecule has 1 aliphatic rings. The standard InChI is InChI=1S/C15H11BrN2OS/c16-9-5-6-11-14(7-9)20-15(17-11)18-12-8-19-13-4-2-1-3-10(12)13/h1-7,12H,8H2,(H,17,18). The Bertz CT molecular complexity index is 786. The van der Waals surface area contributed by atoms with Crippen LogP contribution in [0.25, 0.3) is 10.2 Å². The maximum absolute atomic E-state index is 5.68. The highest BCUT2D eigenvalue weighted by Gasteiger charge is 2.24. The largest absolute Gasteiger partial charge is 0.491 e. The highest BCUT2D eigenvalue weighted by molar-refractivity contribution is 9.10. The van der Waals surface area contributed by atoms with Gasteiger partial charge in [0.2, 0.25) is 0 Å². The zero-order valence-corrected chi connectivity index (χ0v) is 12.9. The first-order valence-electron chi connectivity index (χ1n) is 6.34. The van der Waals surface area contributed by atoms with Gasteiger partial charge in [0, 0.05) is 10.0 Å². The molecule has 0 amide bonds. The summed E-state index contributed by atoms with van der Waals surface area (Å²) in [6.45, 7) is 0.652. The number of nitrogens with zero attached hydrogens (tertiary/aromatic N) is 1. The third kappa shape index (κ3) is 2.07. The van der Waals surface area contributed by atoms with E-state index in [4.69, 9.17) is 4.74 Å². The van der Waals surface area contributed by atoms with Crippen LogP contribution in [0.3, 0.4) is 0 Å². The number of aromatic nitrogens is 1. The monoisotopic (exact) mass is 346 g/mol. The van der Waals surface area contributed by atoms with Gasteiger partial charge in [-0.1, -0.05) is 45.5 Å². The van der Waals surface area contributed by atoms with Gasteiger partial charge >= 0.3 is 0 Å². The van der Waals surface area contributed by atoms with E-state index in [0.29, 0.717) is 6.61 Å². The van der Waals surface area contributed by atoms with Crippen molar-refractivity contribution in [3.63, 3.8) is 0 Å². The number of halogens is 1. The molecule has 0 saturated carbocycles. The smallest absolute Gasteiger partial charge is 0.184 e. The molecule has 2 aromatic carbocycles. The van der Waals surface area contributed by atoms with Crippen LogP contribution >= 0.6 is 27.3 Å². The molecule has 1 N–H and O–H groups in total. The van der Waals surface area contributed by atoms with Crippen LogP contribution in [0.5, 0.6) is 5.75 Å². The highest BCUT2D eigenvalue weighted by atomic mass is 79.9. The van der Waals surface area contributed by atoms with Gasteiger partial charge in [-0.05, 0) is 24.3 Å². The Labute approximate surface area is 128 Å². The van der Waals surface area contributed by atoms with E-state index in [1.165, 1.54) is 10.3 Å². The predicted octanol–water partition coefficient (Wildman–Crippen LogP) is 4.60. The van der Waals surface area contributed by atoms with E-state index in [9.17, 15) is 0 Å². The quantitative estimate of drug-likeness (QED) is 0.735. The van der Waals surface area contributed by atoms with Crippen molar-refractivity contribution in [3.8, 4) is 5.75 Å². The number of benzene rings is 2. The number of hydrogen-bond acceptors (Lipinski definition) is 4. The molecule has 0 saturated heterocycles. The minimum absolute atomic E-state index is 0.176. The van der Waals surface area contributed by atoms with E-state index in [1.807, 2.05) is 30.3 Å². The molecule has 5 heteroatoms. The van der Waals surface area contributed by atoms with E-state index in [2.05, 4.69) is 38.4 Å². The van der Waals surface area contributed by atoms with Crippen molar-refractivity contribution in [1.29, 1.82) is 0 Å². The molecule has 0 aliphatic carbocycles. The first-order chi connectivity index (χ1) is 9.79. The van der Waals surface area contributed by atoms with Gasteiger partial charge < -0.3 is 10.1 Å². The number of ether oxygens (including phenoxy) is 1. The third-order valence-electron chi connectivity index (χ3n) is 3.35. The first kappa shape index (κ1) is 12.2. The molecule has 1 aliphatic heterocycles. The summed E-state index contributed by atoms with van der Waals surface area (Å²) in [6, 6.07) is 14.5. The lowest BCUT2D eigenvalue weighted by Crippen LogP contribution is -2.11. The van der Waals surface area contributed by atoms with Crippen LogP contribution in [0.15, 0.2) is 46.9 Å². The SMILES string of the molecule is Brc1ccc2nc(NC3COc4ccccc43)sc2c1. The lowest BCUT2D eigenvalue weighted by molar-refractivity contribution is 0.340. The Morgan fingerprint density at radius 2 is 2.15 bits per heavy atom. The average Bonchev–Trinajstić information content (AvgIpc) is 3.03. The molecule has 0 bridgehead atoms. The van der Waals surface area contributed by atoms with Crippen LogP contribution in [0.1, 0.15) is 11.6 Å². The van der Waals surface area contributed by atoms with E-state index in [-0.39, 0.29) is 6.04 Å². The molecule has 1 unspecified atom stereocenters. The van der Waals surface area contributed by atoms with Crippen LogP contribution in [0.2, 0.25) is 0 Å². The van der Waals surface area contributed by atoms with Crippen molar-refractivity contribution < 1.29 is 4.74 Å². The molecule has 1 aromatic heterocycles. The van der Waals surface area contributed by atoms with Gasteiger partial charge in [0.1, 0.15) is 12.4 Å². The molecule has 3 nitrogen and oxygen atoms in total. The fourth-order valence-corrected chi connectivity index (χ4v) is 3.86. The van der Waals surface area contributed by atoms with Gasteiger partial charge in [-0.3, -0.25) is 0 Å². The van der Waals surface area contributed by atoms with Crippen LogP contribution in [0, 0.1) is 0 Å². The Kier molecular flexibility index (Phi) is 2.89. The summed E-state index contributed by atoms with van der Waals surface area (Å²) in [5.41, 5.74) is 2.22. The van der Waals surface area contributed by atoms with Crippen LogP contribution in [-0.4, -0.2) is 11.6 Å². The van der Waals surface area contributed by atoms with Gasteiger partial charge in [-0.25, -0.2) is 4.98 Å². The number of anilines is 1. The van der Waals surface area contributed by atoms with Crippen molar-refractivity contribution in [2.24, 2.45) is 0 Å². The second-order valence-electron chi connectivity index (χ2n) is 4.68. The summed E-state index contributed by atoms with van der Waals surface area (Å²) in [5, 5.41) is 4.41. The van der Waals surface area contributed by atoms with Gasteiger partial charge in [0.05, 0.1) is 16.3 Å². The summed E-state index contributed by atoms with van der Waals surface area (Å²) in [7, 11) is 0. The highest BCUT2D eigenvalue weighted by Crippen LogP contribution is 2.36. The molecule has 2 heterocycles. The number of rotatable bonds is 2. The minimum Gasteiger partial charge on any atom is -0.491 e. The Morgan fingerprint density at radius 3 is 3.10 bits per heavy atom. The van der Waals surface area contributed by atoms with Crippen LogP contribution < -0.4 is 10.1 Å². The molecule has 4 rings (SSSR count). The average molecular weight is 347 g/mol. The molecule has 0 fully saturated rings. The zero-order chi connectivity index (χ0) is 13.5. The topological polar surface area (TPSA) is 34.2 Å². The Balaban J connectivity index is 1.65. The number of thiazole rings is 1. The predicted molar refractivity (Wildman–Crippen MR) is 85.6 cm³/mol. The second kappa shape index (κ2) is 4.75. The van der Waals surface area contributed by atoms with Crippen LogP contribution in [0.4, 0.5) is 5.13 Å². The van der Waals surface area contributed by atoms with E-state index < -0.39 is 0 Å². The number of para-hydroxylation sites is 1. The van der Waals surface area contributed by atoms with Gasteiger partial charge in [-0.2, -0.15) is 0 Å². The van der Waals surface area contributed by atoms with Gasteiger partial charge in [0.15, 0.2) is 5.13 Å². The summed E-state index contributed by atoms with van der Waals surface area (Å²) < 4.78 is 7.94. The van der Waals surface area contributed by atoms with Crippen molar-refractivity contribution in [3.05, 3.63) is 52.5 Å². The maximum Gasteiger partial charge on any atom is 0.184 e. The molecule has 0 spiro atoms. The molecule has 3 aromatic rings. The first-order valence-corrected chi connectivity index (χ1v) is 7.95. The Morgan fingerprint density at radius 1 is 1.25 bits per heavy atom. The lowest BCUT2D eigenvalue weighted by atomic mass is 10.1. The molecule has 0 radical (unpaired) electrons. The fraction of sp³-hybridized carbons (Fsp3) is 0.133. The van der Waals surface area contributed by atoms with Gasteiger partial charge in [-0.15, -0.1) is 0 Å². The van der Waals surface area contributed by atoms with Gasteiger partial charge in [0.25, 0.3) is 0 Å². The van der Waals surface area contributed by atoms with E-state index in [0.717, 1.165) is 20.9 Å². The summed E-state index contributed by atoms with van der Waals surface area (Å²) in [5.74, 6) is 0.967. The van der Waals surface area contributed by atoms with Crippen molar-refractivity contribution >= 4 is 42.6 Å². The second-order valence-corrected chi connectivity index (χ2v) is 6.62. The minimum atomic E-state index is 0.176. The van der Waals surface area contributed by atoms with Crippen molar-refractivity contribution in [1.82, 2.24) is 4.98 Å². The number of fused-ring (bicyclic) bond motifs is 2. The lowest BCUT2D eigenvalue weighted by Gasteiger charge is -2.09. The fourth-order valence-electron chi connectivity index (χ4n) is 2.39. The summed E-state index contributed by atoms with van der Waals surface area (Å²) >= 11 is 5.15. The van der Waals surface area contributed by atoms with Crippen molar-refractivity contribution in [2.75, 3.05) is 11.9 Å². The normalized spacial score (nSPS) is 16.9. The Hall–Kier alpha value is -1.59. The zero-order valence-electron chi connectivity index (χ0n) is 10.5. The molecule has 20 heavy (non-hydrogen) atoms. The number of hydrogen-bond donors (Lipinski definition) is 1. The van der Waals surface area contributed by atoms with E-state index in [1.54, 1.807) is 11.3 Å². The molecular formula is C15H11BrN2OS. The van der Waals surface area contributed by atoms with E-state index >= 15 is 0 Å². The molecule has 1 atom stereocenters. The summed E-state index contributed by atoms with van der Waals surface area (Å²) in [4.78, 5) is 4.62. The third-order valence-corrected chi connectivity index (χ3v) is 4.79. The maximum atomic E-state index is 5.68. The van der Waals surface area contributed by atoms with Crippen LogP contribution in [-0.2, 0) is 0 Å². The summed E-state index contributed by atoms with van der Waals surface area (Å²) in [6.07, 6.45) is 0.